The topological polar surface area (TPSA) is 97.0 Å². The minimum atomic E-state index is -0.0426. The highest BCUT2D eigenvalue weighted by atomic mass is 16.5. The first-order valence-corrected chi connectivity index (χ1v) is 6.99. The van der Waals surface area contributed by atoms with Crippen LogP contribution in [0.5, 0.6) is 0 Å². The molecule has 2 aromatic rings. The van der Waals surface area contributed by atoms with E-state index in [0.717, 1.165) is 24.2 Å². The zero-order valence-corrected chi connectivity index (χ0v) is 12.6. The average molecular weight is 294 g/mol. The molecule has 0 aliphatic rings. The van der Waals surface area contributed by atoms with E-state index in [1.54, 1.807) is 20.4 Å². The number of anilines is 2. The lowest BCUT2D eigenvalue weighted by Crippen LogP contribution is -2.27. The molecule has 1 unspecified atom stereocenters. The van der Waals surface area contributed by atoms with Crippen LogP contribution in [0.15, 0.2) is 6.20 Å². The van der Waals surface area contributed by atoms with Gasteiger partial charge in [-0.15, -0.1) is 0 Å². The van der Waals surface area contributed by atoms with Crippen LogP contribution < -0.4 is 10.6 Å². The zero-order valence-electron chi connectivity index (χ0n) is 12.6. The van der Waals surface area contributed by atoms with E-state index in [0.29, 0.717) is 24.7 Å². The van der Waals surface area contributed by atoms with Gasteiger partial charge in [-0.2, -0.15) is 15.1 Å². The van der Waals surface area contributed by atoms with Gasteiger partial charge in [-0.25, -0.2) is 0 Å². The third-order valence-electron chi connectivity index (χ3n) is 3.03. The molecule has 0 bridgehead atoms. The molecule has 2 heterocycles. The summed E-state index contributed by atoms with van der Waals surface area (Å²) in [6, 6.07) is 0. The molecule has 0 saturated heterocycles. The number of hydrogen-bond acceptors (Lipinski definition) is 7. The molecule has 0 radical (unpaired) electrons. The summed E-state index contributed by atoms with van der Waals surface area (Å²) < 4.78 is 10.4. The summed E-state index contributed by atoms with van der Waals surface area (Å²) in [6.45, 7) is 4.02. The Bertz CT molecular complexity index is 559. The number of H-pyrrole nitrogens is 1. The maximum atomic E-state index is 5.33. The summed E-state index contributed by atoms with van der Waals surface area (Å²) in [7, 11) is 3.31. The van der Waals surface area contributed by atoms with Gasteiger partial charge in [0.05, 0.1) is 24.3 Å². The Kier molecular flexibility index (Phi) is 5.70. The monoisotopic (exact) mass is 294 g/mol. The summed E-state index contributed by atoms with van der Waals surface area (Å²) in [6.07, 6.45) is 2.67. The lowest BCUT2D eigenvalue weighted by atomic mass is 10.3. The van der Waals surface area contributed by atoms with Crippen LogP contribution in [0.2, 0.25) is 0 Å². The third kappa shape index (κ3) is 4.02. The van der Waals surface area contributed by atoms with Crippen molar-refractivity contribution >= 4 is 22.8 Å². The Morgan fingerprint density at radius 1 is 1.29 bits per heavy atom. The predicted octanol–water partition coefficient (Wildman–Crippen LogP) is 1.25. The predicted molar refractivity (Wildman–Crippen MR) is 81.6 cm³/mol. The molecule has 8 heteroatoms. The molecular weight excluding hydrogens is 272 g/mol. The minimum Gasteiger partial charge on any atom is -0.382 e. The maximum absolute atomic E-state index is 5.33. The van der Waals surface area contributed by atoms with Gasteiger partial charge in [0.15, 0.2) is 5.65 Å². The largest absolute Gasteiger partial charge is 0.382 e. The SMILES string of the molecule is CCCNc1nc(NCC(COC)OC)c2cn[nH]c2n1. The molecule has 116 valence electrons. The molecule has 8 nitrogen and oxygen atoms in total. The highest BCUT2D eigenvalue weighted by Gasteiger charge is 2.12. The van der Waals surface area contributed by atoms with Crippen LogP contribution in [-0.4, -0.2) is 60.2 Å². The number of methoxy groups -OCH3 is 2. The molecule has 21 heavy (non-hydrogen) atoms. The van der Waals surface area contributed by atoms with E-state index in [1.807, 2.05) is 0 Å². The van der Waals surface area contributed by atoms with Crippen LogP contribution in [0.4, 0.5) is 11.8 Å². The molecule has 1 atom stereocenters. The van der Waals surface area contributed by atoms with Gasteiger partial charge in [0.2, 0.25) is 5.95 Å². The van der Waals surface area contributed by atoms with Crippen molar-refractivity contribution in [2.45, 2.75) is 19.4 Å². The number of rotatable bonds is 9. The Morgan fingerprint density at radius 2 is 2.14 bits per heavy atom. The van der Waals surface area contributed by atoms with Gasteiger partial charge >= 0.3 is 0 Å². The fourth-order valence-corrected chi connectivity index (χ4v) is 1.89. The summed E-state index contributed by atoms with van der Waals surface area (Å²) in [4.78, 5) is 8.87. The molecule has 0 aliphatic carbocycles. The summed E-state index contributed by atoms with van der Waals surface area (Å²) >= 11 is 0. The summed E-state index contributed by atoms with van der Waals surface area (Å²) in [5.41, 5.74) is 0.701. The van der Waals surface area contributed by atoms with E-state index in [-0.39, 0.29) is 6.10 Å². The first-order chi connectivity index (χ1) is 10.3. The average Bonchev–Trinajstić information content (AvgIpc) is 2.97. The molecule has 0 amide bonds. The minimum absolute atomic E-state index is 0.0426. The molecule has 3 N–H and O–H groups in total. The Morgan fingerprint density at radius 3 is 2.86 bits per heavy atom. The molecule has 2 aromatic heterocycles. The molecule has 0 saturated carbocycles. The van der Waals surface area contributed by atoms with Crippen LogP contribution in [0.3, 0.4) is 0 Å². The number of fused-ring (bicyclic) bond motifs is 1. The number of hydrogen-bond donors (Lipinski definition) is 3. The maximum Gasteiger partial charge on any atom is 0.226 e. The van der Waals surface area contributed by atoms with Crippen molar-refractivity contribution in [1.82, 2.24) is 20.2 Å². The van der Waals surface area contributed by atoms with Crippen molar-refractivity contribution in [3.8, 4) is 0 Å². The second kappa shape index (κ2) is 7.75. The van der Waals surface area contributed by atoms with Crippen LogP contribution >= 0.6 is 0 Å². The highest BCUT2D eigenvalue weighted by molar-refractivity contribution is 5.86. The van der Waals surface area contributed by atoms with Crippen molar-refractivity contribution < 1.29 is 9.47 Å². The molecule has 0 aromatic carbocycles. The van der Waals surface area contributed by atoms with Crippen LogP contribution in [-0.2, 0) is 9.47 Å². The quantitative estimate of drug-likeness (QED) is 0.640. The van der Waals surface area contributed by atoms with Gasteiger partial charge in [-0.1, -0.05) is 6.92 Å². The first kappa shape index (κ1) is 15.5. The molecule has 0 spiro atoms. The second-order valence-electron chi connectivity index (χ2n) is 4.65. The second-order valence-corrected chi connectivity index (χ2v) is 4.65. The number of nitrogens with zero attached hydrogens (tertiary/aromatic N) is 3. The van der Waals surface area contributed by atoms with Crippen molar-refractivity contribution in [3.05, 3.63) is 6.20 Å². The van der Waals surface area contributed by atoms with Crippen LogP contribution in [0, 0.1) is 0 Å². The Balaban J connectivity index is 2.14. The van der Waals surface area contributed by atoms with Crippen molar-refractivity contribution in [2.75, 3.05) is 44.5 Å². The zero-order chi connectivity index (χ0) is 15.1. The lowest BCUT2D eigenvalue weighted by Gasteiger charge is -2.16. The van der Waals surface area contributed by atoms with Gasteiger partial charge in [0.1, 0.15) is 5.82 Å². The van der Waals surface area contributed by atoms with Gasteiger partial charge in [0, 0.05) is 27.3 Å². The number of nitrogens with one attached hydrogen (secondary N) is 3. The summed E-state index contributed by atoms with van der Waals surface area (Å²) in [5.74, 6) is 1.31. The van der Waals surface area contributed by atoms with E-state index in [4.69, 9.17) is 9.47 Å². The fraction of sp³-hybridized carbons (Fsp3) is 0.615. The van der Waals surface area contributed by atoms with Gasteiger partial charge < -0.3 is 20.1 Å². The van der Waals surface area contributed by atoms with Gasteiger partial charge in [-0.3, -0.25) is 5.10 Å². The van der Waals surface area contributed by atoms with Gasteiger partial charge in [0.25, 0.3) is 0 Å². The van der Waals surface area contributed by atoms with Crippen LogP contribution in [0.25, 0.3) is 11.0 Å². The number of aromatic amines is 1. The highest BCUT2D eigenvalue weighted by Crippen LogP contribution is 2.20. The lowest BCUT2D eigenvalue weighted by molar-refractivity contribution is 0.0365. The van der Waals surface area contributed by atoms with Gasteiger partial charge in [-0.05, 0) is 6.42 Å². The standard InChI is InChI=1S/C13H22N6O2/c1-4-5-14-13-17-11(10-7-16-19-12(10)18-13)15-6-9(21-3)8-20-2/h7,9H,4-6,8H2,1-3H3,(H3,14,15,16,17,18,19). The van der Waals surface area contributed by atoms with E-state index >= 15 is 0 Å². The normalized spacial score (nSPS) is 12.5. The van der Waals surface area contributed by atoms with E-state index in [2.05, 4.69) is 37.7 Å². The molecule has 2 rings (SSSR count). The van der Waals surface area contributed by atoms with Crippen LogP contribution in [0.1, 0.15) is 13.3 Å². The molecule has 0 fully saturated rings. The van der Waals surface area contributed by atoms with E-state index in [9.17, 15) is 0 Å². The van der Waals surface area contributed by atoms with Crippen molar-refractivity contribution in [2.24, 2.45) is 0 Å². The first-order valence-electron chi connectivity index (χ1n) is 6.99. The van der Waals surface area contributed by atoms with E-state index < -0.39 is 0 Å². The van der Waals surface area contributed by atoms with Crippen molar-refractivity contribution in [3.63, 3.8) is 0 Å². The number of ether oxygens (including phenoxy) is 2. The smallest absolute Gasteiger partial charge is 0.226 e. The fourth-order valence-electron chi connectivity index (χ4n) is 1.89. The Labute approximate surface area is 123 Å². The number of aromatic nitrogens is 4. The summed E-state index contributed by atoms with van der Waals surface area (Å²) in [5, 5.41) is 14.2. The third-order valence-corrected chi connectivity index (χ3v) is 3.03. The molecule has 0 aliphatic heterocycles. The van der Waals surface area contributed by atoms with Crippen molar-refractivity contribution in [1.29, 1.82) is 0 Å². The Hall–Kier alpha value is -1.93. The van der Waals surface area contributed by atoms with E-state index in [1.165, 1.54) is 0 Å². The molecular formula is C13H22N6O2.